The fraction of sp³-hybridized carbons (Fsp3) is 0.515. The molecule has 2 aromatic carbocycles. The molecule has 7 nitrogen and oxygen atoms in total. The highest BCUT2D eigenvalue weighted by molar-refractivity contribution is 6.32. The molecule has 0 radical (unpaired) electrons. The van der Waals surface area contributed by atoms with Crippen LogP contribution in [-0.2, 0) is 5.41 Å². The second-order valence-electron chi connectivity index (χ2n) is 13.6. The van der Waals surface area contributed by atoms with Crippen LogP contribution < -0.4 is 15.0 Å². The molecule has 3 aliphatic heterocycles. The van der Waals surface area contributed by atoms with E-state index in [-0.39, 0.29) is 23.7 Å². The van der Waals surface area contributed by atoms with Gasteiger partial charge in [-0.25, -0.2) is 4.39 Å². The minimum atomic E-state index is -0.879. The Morgan fingerprint density at radius 3 is 2.67 bits per heavy atom. The summed E-state index contributed by atoms with van der Waals surface area (Å²) in [7, 11) is 2.16. The molecule has 220 valence electrons. The number of fused-ring (bicyclic) bond motifs is 4. The maximum Gasteiger partial charge on any atom is 0.319 e. The number of hydrogen-bond donors (Lipinski definition) is 2. The molecule has 0 amide bonds. The topological polar surface area (TPSA) is 73.8 Å². The molecule has 4 atom stereocenters. The Labute approximate surface area is 250 Å². The Hall–Kier alpha value is -2.94. The Morgan fingerprint density at radius 1 is 1.17 bits per heavy atom. The molecule has 42 heavy (non-hydrogen) atoms. The molecule has 3 saturated heterocycles. The largest absolute Gasteiger partial charge is 0.512 e. The summed E-state index contributed by atoms with van der Waals surface area (Å²) >= 11 is 7.00. The highest BCUT2D eigenvalue weighted by atomic mass is 35.5. The van der Waals surface area contributed by atoms with Crippen molar-refractivity contribution in [2.45, 2.75) is 69.0 Å². The van der Waals surface area contributed by atoms with Crippen LogP contribution in [0.2, 0.25) is 5.02 Å². The van der Waals surface area contributed by atoms with E-state index in [1.165, 1.54) is 12.8 Å². The van der Waals surface area contributed by atoms with Crippen LogP contribution in [0.25, 0.3) is 17.0 Å². The maximum atomic E-state index is 17.0. The van der Waals surface area contributed by atoms with Gasteiger partial charge in [0.25, 0.3) is 0 Å². The zero-order chi connectivity index (χ0) is 28.8. The number of rotatable bonds is 5. The van der Waals surface area contributed by atoms with Gasteiger partial charge in [-0.1, -0.05) is 42.8 Å². The predicted molar refractivity (Wildman–Crippen MR) is 163 cm³/mol. The lowest BCUT2D eigenvalue weighted by Crippen LogP contribution is -2.51. The van der Waals surface area contributed by atoms with Gasteiger partial charge in [-0.15, -0.1) is 0 Å². The monoisotopic (exact) mass is 589 g/mol. The van der Waals surface area contributed by atoms with Crippen molar-refractivity contribution in [1.29, 1.82) is 0 Å². The third kappa shape index (κ3) is 4.28. The van der Waals surface area contributed by atoms with Crippen LogP contribution >= 0.6 is 11.6 Å². The number of allylic oxidation sites excluding steroid dienone is 1. The molecule has 9 heteroatoms. The van der Waals surface area contributed by atoms with Gasteiger partial charge in [0, 0.05) is 65.6 Å². The van der Waals surface area contributed by atoms with Crippen LogP contribution in [0.15, 0.2) is 36.1 Å². The third-order valence-electron chi connectivity index (χ3n) is 10.6. The molecule has 2 bridgehead atoms. The van der Waals surface area contributed by atoms with Crippen molar-refractivity contribution in [3.8, 4) is 6.01 Å². The number of aliphatic hydroxyl groups excluding tert-OH is 1. The molecule has 1 aromatic heterocycles. The summed E-state index contributed by atoms with van der Waals surface area (Å²) in [6.07, 6.45) is 7.93. The quantitative estimate of drug-likeness (QED) is 0.388. The highest BCUT2D eigenvalue weighted by Gasteiger charge is 2.51. The maximum absolute atomic E-state index is 17.0. The van der Waals surface area contributed by atoms with E-state index in [2.05, 4.69) is 22.2 Å². The molecule has 5 aliphatic rings. The van der Waals surface area contributed by atoms with E-state index in [0.29, 0.717) is 51.9 Å². The lowest BCUT2D eigenvalue weighted by Gasteiger charge is -2.37. The van der Waals surface area contributed by atoms with Gasteiger partial charge in [-0.3, -0.25) is 4.90 Å². The van der Waals surface area contributed by atoms with Gasteiger partial charge in [0.15, 0.2) is 5.82 Å². The molecular weight excluding hydrogens is 553 g/mol. The zero-order valence-electron chi connectivity index (χ0n) is 24.2. The first kappa shape index (κ1) is 26.7. The van der Waals surface area contributed by atoms with Gasteiger partial charge in [-0.05, 0) is 67.8 Å². The molecule has 2 aliphatic carbocycles. The van der Waals surface area contributed by atoms with Crippen LogP contribution in [0.3, 0.4) is 0 Å². The second kappa shape index (κ2) is 9.53. The van der Waals surface area contributed by atoms with Gasteiger partial charge < -0.3 is 20.1 Å². The Kier molecular flexibility index (Phi) is 6.05. The van der Waals surface area contributed by atoms with Crippen molar-refractivity contribution in [2.75, 3.05) is 38.2 Å². The molecule has 8 rings (SSSR count). The molecule has 4 fully saturated rings. The van der Waals surface area contributed by atoms with Gasteiger partial charge in [0.05, 0.1) is 5.76 Å². The first-order chi connectivity index (χ1) is 20.2. The average molecular weight is 590 g/mol. The fourth-order valence-corrected chi connectivity index (χ4v) is 8.65. The number of aromatic nitrogens is 2. The summed E-state index contributed by atoms with van der Waals surface area (Å²) in [4.78, 5) is 14.3. The molecule has 3 unspecified atom stereocenters. The summed E-state index contributed by atoms with van der Waals surface area (Å²) in [6.45, 7) is 5.11. The first-order valence-electron chi connectivity index (χ1n) is 15.2. The number of likely N-dealkylation sites (tertiary alicyclic amines) is 1. The molecule has 1 spiro atoms. The number of aliphatic hydroxyl groups is 1. The van der Waals surface area contributed by atoms with Crippen molar-refractivity contribution >= 4 is 34.4 Å². The molecule has 1 saturated carbocycles. The summed E-state index contributed by atoms with van der Waals surface area (Å²) in [5, 5.41) is 15.3. The Balaban J connectivity index is 1.24. The number of benzene rings is 2. The fourth-order valence-electron chi connectivity index (χ4n) is 8.25. The normalized spacial score (nSPS) is 29.7. The SMILES string of the molecule is CN1CC2(CC2)C[C@H]1COc1nc(N2CC3CCC(C2)N3)c2cc(Cl)c(C3(C)CC(O)=Cc4ccccc43)c(F)c2n1. The molecule has 2 N–H and O–H groups in total. The highest BCUT2D eigenvalue weighted by Crippen LogP contribution is 2.54. The number of halogens is 2. The Morgan fingerprint density at radius 2 is 1.93 bits per heavy atom. The van der Waals surface area contributed by atoms with Crippen LogP contribution in [-0.4, -0.2) is 71.4 Å². The zero-order valence-corrected chi connectivity index (χ0v) is 24.9. The lowest BCUT2D eigenvalue weighted by atomic mass is 9.68. The van der Waals surface area contributed by atoms with Crippen molar-refractivity contribution in [2.24, 2.45) is 5.41 Å². The number of likely N-dealkylation sites (N-methyl/N-ethyl adjacent to an activating group) is 1. The number of hydrogen-bond acceptors (Lipinski definition) is 7. The summed E-state index contributed by atoms with van der Waals surface area (Å²) in [6, 6.07) is 10.9. The van der Waals surface area contributed by atoms with Crippen LogP contribution in [0, 0.1) is 11.2 Å². The van der Waals surface area contributed by atoms with Crippen molar-refractivity contribution < 1.29 is 14.2 Å². The van der Waals surface area contributed by atoms with E-state index in [9.17, 15) is 5.11 Å². The minimum Gasteiger partial charge on any atom is -0.512 e. The van der Waals surface area contributed by atoms with E-state index in [1.807, 2.05) is 37.3 Å². The van der Waals surface area contributed by atoms with Crippen LogP contribution in [0.5, 0.6) is 6.01 Å². The van der Waals surface area contributed by atoms with E-state index in [0.717, 1.165) is 50.0 Å². The molecule has 3 aromatic rings. The van der Waals surface area contributed by atoms with Crippen molar-refractivity contribution in [3.63, 3.8) is 0 Å². The summed E-state index contributed by atoms with van der Waals surface area (Å²) in [5.41, 5.74) is 1.91. The molecule has 4 heterocycles. The number of ether oxygens (including phenoxy) is 1. The van der Waals surface area contributed by atoms with Crippen LogP contribution in [0.4, 0.5) is 10.2 Å². The number of anilines is 1. The standard InChI is InChI=1S/C33H37ClFN5O2/c1-32(14-23(41)11-19-5-3-4-6-25(19)32)27-26(34)12-24-29(28(27)35)37-31(42-17-22-13-33(9-10-33)18-39(22)2)38-30(24)40-15-20-7-8-21(16-40)36-20/h3-6,11-12,20-22,36,41H,7-10,13-18H2,1-2H3/t20?,21?,22-,32?/m0/s1. The van der Waals surface area contributed by atoms with Gasteiger partial charge in [0.1, 0.15) is 17.9 Å². The number of nitrogens with one attached hydrogen (secondary N) is 1. The summed E-state index contributed by atoms with van der Waals surface area (Å²) < 4.78 is 23.3. The smallest absolute Gasteiger partial charge is 0.319 e. The lowest BCUT2D eigenvalue weighted by molar-refractivity contribution is 0.188. The second-order valence-corrected chi connectivity index (χ2v) is 14.0. The number of nitrogens with zero attached hydrogens (tertiary/aromatic N) is 4. The van der Waals surface area contributed by atoms with E-state index < -0.39 is 11.2 Å². The Bertz CT molecular complexity index is 1610. The van der Waals surface area contributed by atoms with E-state index in [1.54, 1.807) is 6.08 Å². The van der Waals surface area contributed by atoms with Crippen molar-refractivity contribution in [3.05, 3.63) is 63.6 Å². The van der Waals surface area contributed by atoms with E-state index in [4.69, 9.17) is 26.3 Å². The third-order valence-corrected chi connectivity index (χ3v) is 10.9. The van der Waals surface area contributed by atoms with Gasteiger partial charge in [-0.2, -0.15) is 9.97 Å². The van der Waals surface area contributed by atoms with Gasteiger partial charge in [0.2, 0.25) is 0 Å². The molecular formula is C33H37ClFN5O2. The number of piperazine rings is 1. The average Bonchev–Trinajstić information content (AvgIpc) is 3.52. The van der Waals surface area contributed by atoms with E-state index >= 15 is 4.39 Å². The van der Waals surface area contributed by atoms with Crippen molar-refractivity contribution in [1.82, 2.24) is 20.2 Å². The summed E-state index contributed by atoms with van der Waals surface area (Å²) in [5.74, 6) is 0.395. The minimum absolute atomic E-state index is 0.199. The predicted octanol–water partition coefficient (Wildman–Crippen LogP) is 5.83. The van der Waals surface area contributed by atoms with Crippen LogP contribution in [0.1, 0.15) is 62.1 Å². The van der Waals surface area contributed by atoms with Gasteiger partial charge >= 0.3 is 6.01 Å². The first-order valence-corrected chi connectivity index (χ1v) is 15.6.